The summed E-state index contributed by atoms with van der Waals surface area (Å²) >= 11 is 0. The molecule has 0 unspecified atom stereocenters. The number of carbonyl (C=O) groups excluding carboxylic acids is 1. The molecular weight excluding hydrogens is 459 g/mol. The number of H-pyrrole nitrogens is 1. The highest BCUT2D eigenvalue weighted by Crippen LogP contribution is 2.35. The number of aryl methyl sites for hydroxylation is 1. The number of rotatable bonds is 6. The monoisotopic (exact) mass is 488 g/mol. The highest BCUT2D eigenvalue weighted by atomic mass is 19.1. The number of nitrogens with one attached hydrogen (secondary N) is 2. The smallest absolute Gasteiger partial charge is 0.251 e. The summed E-state index contributed by atoms with van der Waals surface area (Å²) < 4.78 is 19.8. The van der Waals surface area contributed by atoms with Crippen molar-refractivity contribution in [3.05, 3.63) is 77.4 Å². The van der Waals surface area contributed by atoms with Crippen LogP contribution in [0.1, 0.15) is 47.3 Å². The van der Waals surface area contributed by atoms with Crippen molar-refractivity contribution in [1.29, 1.82) is 0 Å². The van der Waals surface area contributed by atoms with Crippen LogP contribution in [0.5, 0.6) is 5.75 Å². The van der Waals surface area contributed by atoms with Crippen LogP contribution >= 0.6 is 0 Å². The molecule has 1 aliphatic carbocycles. The third-order valence-electron chi connectivity index (χ3n) is 6.95. The Morgan fingerprint density at radius 1 is 1.28 bits per heavy atom. The first-order chi connectivity index (χ1) is 17.3. The Balaban J connectivity index is 1.33. The zero-order valence-electron chi connectivity index (χ0n) is 20.3. The minimum atomic E-state index is -1.13. The Morgan fingerprint density at radius 3 is 2.94 bits per heavy atom. The van der Waals surface area contributed by atoms with E-state index in [1.165, 1.54) is 13.2 Å². The molecule has 7 nitrogen and oxygen atoms in total. The summed E-state index contributed by atoms with van der Waals surface area (Å²) in [6.07, 6.45) is 4.22. The van der Waals surface area contributed by atoms with Crippen molar-refractivity contribution in [3.8, 4) is 17.0 Å². The number of aromatic amines is 1. The highest BCUT2D eigenvalue weighted by molar-refractivity contribution is 6.01. The maximum absolute atomic E-state index is 14.5. The third-order valence-corrected chi connectivity index (χ3v) is 6.95. The summed E-state index contributed by atoms with van der Waals surface area (Å²) in [6, 6.07) is 13.7. The first kappa shape index (κ1) is 23.9. The van der Waals surface area contributed by atoms with Crippen molar-refractivity contribution in [2.45, 2.75) is 50.7 Å². The molecule has 0 bridgehead atoms. The van der Waals surface area contributed by atoms with Crippen LogP contribution in [-0.2, 0) is 6.42 Å². The summed E-state index contributed by atoms with van der Waals surface area (Å²) in [6.45, 7) is 1.92. The number of benzene rings is 2. The van der Waals surface area contributed by atoms with Crippen LogP contribution in [0.15, 0.2) is 54.7 Å². The Morgan fingerprint density at radius 2 is 2.14 bits per heavy atom. The molecule has 1 saturated carbocycles. The molecule has 8 heteroatoms. The van der Waals surface area contributed by atoms with E-state index in [2.05, 4.69) is 20.5 Å². The van der Waals surface area contributed by atoms with Crippen molar-refractivity contribution in [2.75, 3.05) is 7.11 Å². The van der Waals surface area contributed by atoms with E-state index in [1.54, 1.807) is 24.4 Å². The minimum absolute atomic E-state index is 0.130. The van der Waals surface area contributed by atoms with Gasteiger partial charge in [-0.1, -0.05) is 6.07 Å². The lowest BCUT2D eigenvalue weighted by atomic mass is 9.77. The van der Waals surface area contributed by atoms with Crippen molar-refractivity contribution in [3.63, 3.8) is 0 Å². The van der Waals surface area contributed by atoms with Crippen LogP contribution in [0.2, 0.25) is 0 Å². The third kappa shape index (κ3) is 4.81. The molecule has 1 aliphatic rings. The predicted octanol–water partition coefficient (Wildman–Crippen LogP) is 4.73. The molecule has 5 rings (SSSR count). The predicted molar refractivity (Wildman–Crippen MR) is 135 cm³/mol. The zero-order chi connectivity index (χ0) is 25.3. The van der Waals surface area contributed by atoms with E-state index in [0.29, 0.717) is 29.7 Å². The molecule has 0 aliphatic heterocycles. The van der Waals surface area contributed by atoms with E-state index < -0.39 is 11.4 Å². The number of amides is 1. The Kier molecular flexibility index (Phi) is 6.45. The fraction of sp³-hybridized carbons (Fsp3) is 0.321. The van der Waals surface area contributed by atoms with Gasteiger partial charge in [-0.25, -0.2) is 4.39 Å². The van der Waals surface area contributed by atoms with Gasteiger partial charge >= 0.3 is 0 Å². The summed E-state index contributed by atoms with van der Waals surface area (Å²) in [5.41, 5.74) is 3.15. The van der Waals surface area contributed by atoms with Gasteiger partial charge in [0.2, 0.25) is 0 Å². The molecule has 0 saturated heterocycles. The lowest BCUT2D eigenvalue weighted by molar-refractivity contribution is -0.00728. The number of hydrogen-bond acceptors (Lipinski definition) is 5. The fourth-order valence-corrected chi connectivity index (χ4v) is 5.19. The molecule has 2 heterocycles. The number of halogens is 1. The number of ether oxygens (including phenoxy) is 1. The Hall–Kier alpha value is -3.78. The van der Waals surface area contributed by atoms with Gasteiger partial charge in [-0.15, -0.1) is 0 Å². The topological polar surface area (TPSA) is 100 Å². The number of methoxy groups -OCH3 is 1. The number of aliphatic hydroxyl groups is 1. The van der Waals surface area contributed by atoms with Crippen LogP contribution in [0.3, 0.4) is 0 Å². The van der Waals surface area contributed by atoms with Crippen LogP contribution in [0, 0.1) is 12.7 Å². The van der Waals surface area contributed by atoms with Crippen molar-refractivity contribution < 1.29 is 19.0 Å². The number of pyridine rings is 1. The van der Waals surface area contributed by atoms with Gasteiger partial charge < -0.3 is 15.2 Å². The molecule has 1 fully saturated rings. The largest absolute Gasteiger partial charge is 0.496 e. The lowest BCUT2D eigenvalue weighted by Crippen LogP contribution is -2.47. The number of carbonyl (C=O) groups is 1. The van der Waals surface area contributed by atoms with Crippen LogP contribution in [0.4, 0.5) is 4.39 Å². The minimum Gasteiger partial charge on any atom is -0.496 e. The fourth-order valence-electron chi connectivity index (χ4n) is 5.19. The van der Waals surface area contributed by atoms with Gasteiger partial charge in [-0.3, -0.25) is 14.9 Å². The number of nitrogens with zero attached hydrogens (tertiary/aromatic N) is 2. The summed E-state index contributed by atoms with van der Waals surface area (Å²) in [7, 11) is 1.49. The van der Waals surface area contributed by atoms with E-state index in [9.17, 15) is 14.3 Å². The van der Waals surface area contributed by atoms with Gasteiger partial charge in [0, 0.05) is 46.4 Å². The van der Waals surface area contributed by atoms with Gasteiger partial charge in [-0.2, -0.15) is 5.10 Å². The molecule has 36 heavy (non-hydrogen) atoms. The number of hydrogen-bond donors (Lipinski definition) is 3. The van der Waals surface area contributed by atoms with Gasteiger partial charge in [0.25, 0.3) is 5.91 Å². The van der Waals surface area contributed by atoms with Crippen molar-refractivity contribution in [1.82, 2.24) is 20.5 Å². The SMILES string of the molecule is COc1cccc(F)c1C[C@]1(O)CCC[C@@H](NC(=O)c2ccc3[nH]nc(-c4ccnc(C)c4)c3c2)C1. The average molecular weight is 489 g/mol. The first-order valence-electron chi connectivity index (χ1n) is 12.1. The maximum Gasteiger partial charge on any atom is 0.251 e. The standard InChI is InChI=1S/C28H29FN4O3/c1-17-13-18(10-12-30-17)26-21-14-19(8-9-24(21)32-33-26)27(34)31-20-5-4-11-28(35,15-20)16-22-23(29)6-3-7-25(22)36-2/h3,6-10,12-14,20,35H,4-5,11,15-16H2,1-2H3,(H,31,34)(H,32,33)/t20-,28+/m1/s1. The second-order valence-electron chi connectivity index (χ2n) is 9.61. The normalized spacial score (nSPS) is 19.8. The summed E-state index contributed by atoms with van der Waals surface area (Å²) in [5, 5.41) is 22.7. The van der Waals surface area contributed by atoms with Gasteiger partial charge in [0.1, 0.15) is 17.3 Å². The van der Waals surface area contributed by atoms with E-state index >= 15 is 0 Å². The second-order valence-corrected chi connectivity index (χ2v) is 9.61. The van der Waals surface area contributed by atoms with Gasteiger partial charge in [0.05, 0.1) is 18.2 Å². The molecule has 0 spiro atoms. The van der Waals surface area contributed by atoms with Crippen LogP contribution in [0.25, 0.3) is 22.2 Å². The molecule has 1 amide bonds. The Labute approximate surface area is 208 Å². The van der Waals surface area contributed by atoms with E-state index in [4.69, 9.17) is 4.74 Å². The highest BCUT2D eigenvalue weighted by Gasteiger charge is 2.36. The molecule has 2 aromatic carbocycles. The first-order valence-corrected chi connectivity index (χ1v) is 12.1. The van der Waals surface area contributed by atoms with Crippen LogP contribution in [-0.4, -0.2) is 44.9 Å². The number of aromatic nitrogens is 3. The average Bonchev–Trinajstić information content (AvgIpc) is 3.28. The zero-order valence-corrected chi connectivity index (χ0v) is 20.3. The second kappa shape index (κ2) is 9.70. The number of fused-ring (bicyclic) bond motifs is 1. The molecule has 2 atom stereocenters. The molecular formula is C28H29FN4O3. The summed E-state index contributed by atoms with van der Waals surface area (Å²) in [5.74, 6) is -0.196. The molecule has 3 N–H and O–H groups in total. The van der Waals surface area contributed by atoms with Crippen molar-refractivity contribution in [2.24, 2.45) is 0 Å². The molecule has 2 aromatic heterocycles. The summed E-state index contributed by atoms with van der Waals surface area (Å²) in [4.78, 5) is 17.4. The quantitative estimate of drug-likeness (QED) is 0.364. The Bertz CT molecular complexity index is 1420. The maximum atomic E-state index is 14.5. The molecule has 0 radical (unpaired) electrons. The van der Waals surface area contributed by atoms with E-state index in [-0.39, 0.29) is 18.4 Å². The molecule has 4 aromatic rings. The van der Waals surface area contributed by atoms with E-state index in [0.717, 1.165) is 40.7 Å². The van der Waals surface area contributed by atoms with E-state index in [1.807, 2.05) is 31.2 Å². The van der Waals surface area contributed by atoms with Crippen molar-refractivity contribution >= 4 is 16.8 Å². The van der Waals surface area contributed by atoms with Gasteiger partial charge in [-0.05, 0) is 75.1 Å². The van der Waals surface area contributed by atoms with Gasteiger partial charge in [0.15, 0.2) is 0 Å². The molecule has 186 valence electrons. The van der Waals surface area contributed by atoms with Crippen LogP contribution < -0.4 is 10.1 Å². The lowest BCUT2D eigenvalue weighted by Gasteiger charge is -2.37.